The van der Waals surface area contributed by atoms with E-state index in [0.717, 1.165) is 21.3 Å². The van der Waals surface area contributed by atoms with Gasteiger partial charge in [0.05, 0.1) is 17.3 Å². The molecular weight excluding hydrogens is 426 g/mol. The van der Waals surface area contributed by atoms with E-state index in [-0.39, 0.29) is 17.7 Å². The van der Waals surface area contributed by atoms with E-state index in [1.54, 1.807) is 30.3 Å². The Kier molecular flexibility index (Phi) is 4.16. The van der Waals surface area contributed by atoms with Crippen molar-refractivity contribution in [2.24, 2.45) is 5.10 Å². The van der Waals surface area contributed by atoms with Gasteiger partial charge in [0.15, 0.2) is 0 Å². The van der Waals surface area contributed by atoms with Gasteiger partial charge in [-0.1, -0.05) is 46.3 Å². The summed E-state index contributed by atoms with van der Waals surface area (Å²) >= 11 is 3.51. The molecule has 0 fully saturated rings. The van der Waals surface area contributed by atoms with Crippen LogP contribution in [0.25, 0.3) is 0 Å². The Morgan fingerprint density at radius 2 is 1.75 bits per heavy atom. The van der Waals surface area contributed by atoms with E-state index >= 15 is 0 Å². The number of ether oxygens (including phenoxy) is 1. The molecule has 0 N–H and O–H groups in total. The second-order valence-corrected chi connectivity index (χ2v) is 7.74. The molecule has 0 bridgehead atoms. The Hall–Kier alpha value is -2.73. The SMILES string of the molecule is Fc1ccc(C2=NN3[C@H](C2)c2cc(Br)ccc2O[C@@H]3c2ccccc2F)cc1. The average molecular weight is 441 g/mol. The van der Waals surface area contributed by atoms with Gasteiger partial charge >= 0.3 is 0 Å². The minimum absolute atomic E-state index is 0.0918. The molecule has 2 heterocycles. The van der Waals surface area contributed by atoms with E-state index in [4.69, 9.17) is 9.84 Å². The number of hydrazone groups is 1. The molecule has 0 radical (unpaired) electrons. The molecule has 0 unspecified atom stereocenters. The third-order valence-corrected chi connectivity index (χ3v) is 5.59. The molecule has 3 aromatic carbocycles. The molecule has 0 aliphatic carbocycles. The third-order valence-electron chi connectivity index (χ3n) is 5.10. The predicted octanol–water partition coefficient (Wildman–Crippen LogP) is 5.97. The first-order valence-electron chi connectivity index (χ1n) is 8.92. The third kappa shape index (κ3) is 2.88. The maximum Gasteiger partial charge on any atom is 0.216 e. The van der Waals surface area contributed by atoms with Gasteiger partial charge < -0.3 is 4.74 Å². The molecule has 3 nitrogen and oxygen atoms in total. The van der Waals surface area contributed by atoms with Crippen LogP contribution in [0, 0.1) is 11.6 Å². The van der Waals surface area contributed by atoms with Crippen LogP contribution >= 0.6 is 15.9 Å². The summed E-state index contributed by atoms with van der Waals surface area (Å²) in [6, 6.07) is 18.6. The lowest BCUT2D eigenvalue weighted by Gasteiger charge is -2.38. The fraction of sp³-hybridized carbons (Fsp3) is 0.136. The van der Waals surface area contributed by atoms with E-state index < -0.39 is 6.23 Å². The number of rotatable bonds is 2. The van der Waals surface area contributed by atoms with Gasteiger partial charge in [-0.3, -0.25) is 0 Å². The van der Waals surface area contributed by atoms with Gasteiger partial charge in [0.25, 0.3) is 0 Å². The van der Waals surface area contributed by atoms with Crippen LogP contribution in [0.15, 0.2) is 76.3 Å². The Labute approximate surface area is 169 Å². The fourth-order valence-electron chi connectivity index (χ4n) is 3.76. The molecule has 28 heavy (non-hydrogen) atoms. The van der Waals surface area contributed by atoms with Crippen LogP contribution in [0.3, 0.4) is 0 Å². The molecule has 2 atom stereocenters. The molecule has 2 aliphatic heterocycles. The molecule has 0 aromatic heterocycles. The summed E-state index contributed by atoms with van der Waals surface area (Å²) in [7, 11) is 0. The van der Waals surface area contributed by atoms with Crippen LogP contribution in [-0.4, -0.2) is 10.7 Å². The standard InChI is InChI=1S/C22H15BrF2N2O/c23-14-7-10-21-17(11-14)20-12-19(13-5-8-15(24)9-6-13)26-27(20)22(28-21)16-3-1-2-4-18(16)25/h1-11,20,22H,12H2/t20-,22-/m1/s1. The summed E-state index contributed by atoms with van der Waals surface area (Å²) in [5.74, 6) is 0.0902. The Morgan fingerprint density at radius 1 is 0.964 bits per heavy atom. The zero-order valence-electron chi connectivity index (χ0n) is 14.6. The van der Waals surface area contributed by atoms with E-state index in [0.29, 0.717) is 17.7 Å². The number of hydrogen-bond donors (Lipinski definition) is 0. The monoisotopic (exact) mass is 440 g/mol. The van der Waals surface area contributed by atoms with Crippen molar-refractivity contribution >= 4 is 21.6 Å². The van der Waals surface area contributed by atoms with Gasteiger partial charge in [-0.15, -0.1) is 0 Å². The highest BCUT2D eigenvalue weighted by atomic mass is 79.9. The first-order chi connectivity index (χ1) is 13.6. The average Bonchev–Trinajstić information content (AvgIpc) is 3.14. The van der Waals surface area contributed by atoms with E-state index in [2.05, 4.69) is 15.9 Å². The summed E-state index contributed by atoms with van der Waals surface area (Å²) in [4.78, 5) is 0. The largest absolute Gasteiger partial charge is 0.464 e. The molecule has 5 rings (SSSR count). The maximum atomic E-state index is 14.5. The molecule has 0 amide bonds. The summed E-state index contributed by atoms with van der Waals surface area (Å²) in [6.07, 6.45) is -0.0403. The van der Waals surface area contributed by atoms with Crippen LogP contribution in [0.1, 0.15) is 35.4 Å². The number of benzene rings is 3. The smallest absolute Gasteiger partial charge is 0.216 e. The fourth-order valence-corrected chi connectivity index (χ4v) is 4.13. The maximum absolute atomic E-state index is 14.5. The number of fused-ring (bicyclic) bond motifs is 3. The normalized spacial score (nSPS) is 20.2. The number of halogens is 3. The first kappa shape index (κ1) is 17.4. The second-order valence-electron chi connectivity index (χ2n) is 6.83. The van der Waals surface area contributed by atoms with Crippen molar-refractivity contribution in [2.45, 2.75) is 18.7 Å². The van der Waals surface area contributed by atoms with Crippen molar-refractivity contribution in [3.8, 4) is 5.75 Å². The molecular formula is C22H15BrF2N2O. The zero-order valence-corrected chi connectivity index (χ0v) is 16.2. The van der Waals surface area contributed by atoms with Crippen molar-refractivity contribution in [3.63, 3.8) is 0 Å². The van der Waals surface area contributed by atoms with Gasteiger partial charge in [-0.25, -0.2) is 13.8 Å². The topological polar surface area (TPSA) is 24.8 Å². The van der Waals surface area contributed by atoms with E-state index in [1.165, 1.54) is 18.2 Å². The number of hydrogen-bond acceptors (Lipinski definition) is 3. The minimum atomic E-state index is -0.669. The lowest BCUT2D eigenvalue weighted by Crippen LogP contribution is -2.34. The quantitative estimate of drug-likeness (QED) is 0.490. The predicted molar refractivity (Wildman–Crippen MR) is 106 cm³/mol. The van der Waals surface area contributed by atoms with E-state index in [1.807, 2.05) is 23.2 Å². The summed E-state index contributed by atoms with van der Waals surface area (Å²) in [5, 5.41) is 6.57. The van der Waals surface area contributed by atoms with Gasteiger partial charge in [-0.05, 0) is 42.0 Å². The van der Waals surface area contributed by atoms with Gasteiger partial charge in [0.1, 0.15) is 17.4 Å². The van der Waals surface area contributed by atoms with E-state index in [9.17, 15) is 8.78 Å². The summed E-state index contributed by atoms with van der Waals surface area (Å²) < 4.78 is 35.0. The summed E-state index contributed by atoms with van der Waals surface area (Å²) in [6.45, 7) is 0. The van der Waals surface area contributed by atoms with Gasteiger partial charge in [-0.2, -0.15) is 5.10 Å². The minimum Gasteiger partial charge on any atom is -0.464 e. The molecule has 2 aliphatic rings. The molecule has 3 aromatic rings. The van der Waals surface area contributed by atoms with Crippen molar-refractivity contribution in [1.29, 1.82) is 0 Å². The van der Waals surface area contributed by atoms with Crippen LogP contribution in [0.2, 0.25) is 0 Å². The Morgan fingerprint density at radius 3 is 2.54 bits per heavy atom. The number of nitrogens with zero attached hydrogens (tertiary/aromatic N) is 2. The van der Waals surface area contributed by atoms with Crippen LogP contribution in [0.4, 0.5) is 8.78 Å². The molecule has 0 saturated carbocycles. The van der Waals surface area contributed by atoms with Crippen LogP contribution < -0.4 is 4.74 Å². The highest BCUT2D eigenvalue weighted by Crippen LogP contribution is 2.48. The molecule has 0 saturated heterocycles. The highest BCUT2D eigenvalue weighted by Gasteiger charge is 2.41. The Balaban J connectivity index is 1.62. The van der Waals surface area contributed by atoms with Crippen LogP contribution in [-0.2, 0) is 0 Å². The summed E-state index contributed by atoms with van der Waals surface area (Å²) in [5.41, 5.74) is 3.09. The first-order valence-corrected chi connectivity index (χ1v) is 9.72. The molecule has 0 spiro atoms. The van der Waals surface area contributed by atoms with Crippen LogP contribution in [0.5, 0.6) is 5.75 Å². The van der Waals surface area contributed by atoms with Crippen molar-refractivity contribution < 1.29 is 13.5 Å². The van der Waals surface area contributed by atoms with Gasteiger partial charge in [0, 0.05) is 16.5 Å². The lowest BCUT2D eigenvalue weighted by atomic mass is 9.96. The molecule has 6 heteroatoms. The Bertz CT molecular complexity index is 1080. The van der Waals surface area contributed by atoms with Crippen molar-refractivity contribution in [3.05, 3.63) is 99.5 Å². The zero-order chi connectivity index (χ0) is 19.3. The molecule has 140 valence electrons. The van der Waals surface area contributed by atoms with Gasteiger partial charge in [0.2, 0.25) is 6.23 Å². The van der Waals surface area contributed by atoms with Crippen molar-refractivity contribution in [1.82, 2.24) is 5.01 Å². The highest BCUT2D eigenvalue weighted by molar-refractivity contribution is 9.10. The van der Waals surface area contributed by atoms with Crippen molar-refractivity contribution in [2.75, 3.05) is 0 Å². The second kappa shape index (κ2) is 6.71. The lowest BCUT2D eigenvalue weighted by molar-refractivity contribution is -0.0212.